The Morgan fingerprint density at radius 2 is 1.70 bits per heavy atom. The zero-order valence-electron chi connectivity index (χ0n) is 16.8. The number of aryl methyl sites for hydroxylation is 1. The van der Waals surface area contributed by atoms with Crippen LogP contribution < -0.4 is 14.4 Å². The van der Waals surface area contributed by atoms with Gasteiger partial charge in [-0.2, -0.15) is 0 Å². The van der Waals surface area contributed by atoms with Gasteiger partial charge in [-0.25, -0.2) is 8.42 Å². The zero-order chi connectivity index (χ0) is 21.3. The number of hydrogen-bond acceptors (Lipinski definition) is 4. The molecule has 1 heterocycles. The maximum Gasteiger partial charge on any atom is 0.261 e. The van der Waals surface area contributed by atoms with Gasteiger partial charge in [0.25, 0.3) is 15.9 Å². The number of nitrogens with one attached hydrogen (secondary N) is 1. The molecule has 3 aromatic carbocycles. The molecule has 0 spiro atoms. The summed E-state index contributed by atoms with van der Waals surface area (Å²) < 4.78 is 33.3. The molecule has 0 radical (unpaired) electrons. The third kappa shape index (κ3) is 3.89. The number of amides is 1. The van der Waals surface area contributed by atoms with Crippen molar-refractivity contribution >= 4 is 27.3 Å². The third-order valence-corrected chi connectivity index (χ3v) is 6.52. The number of anilines is 2. The van der Waals surface area contributed by atoms with Crippen LogP contribution in [-0.4, -0.2) is 28.0 Å². The minimum Gasteiger partial charge on any atom is -0.497 e. The number of ether oxygens (including phenoxy) is 1. The number of methoxy groups -OCH3 is 1. The van der Waals surface area contributed by atoms with E-state index in [1.165, 1.54) is 6.07 Å². The van der Waals surface area contributed by atoms with Crippen LogP contribution in [0.3, 0.4) is 0 Å². The summed E-state index contributed by atoms with van der Waals surface area (Å²) in [5, 5.41) is 0. The molecule has 30 heavy (non-hydrogen) atoms. The molecule has 4 rings (SSSR count). The van der Waals surface area contributed by atoms with Crippen LogP contribution in [0.2, 0.25) is 0 Å². The first-order chi connectivity index (χ1) is 14.4. The van der Waals surface area contributed by atoms with E-state index < -0.39 is 10.0 Å². The Bertz CT molecular complexity index is 1190. The number of carbonyl (C=O) groups excluding carboxylic acids is 1. The molecule has 0 fully saturated rings. The molecule has 0 aliphatic carbocycles. The van der Waals surface area contributed by atoms with E-state index in [4.69, 9.17) is 4.74 Å². The second-order valence-electron chi connectivity index (χ2n) is 7.20. The highest BCUT2D eigenvalue weighted by atomic mass is 32.2. The van der Waals surface area contributed by atoms with E-state index in [2.05, 4.69) is 4.72 Å². The summed E-state index contributed by atoms with van der Waals surface area (Å²) in [7, 11) is -2.19. The first-order valence-corrected chi connectivity index (χ1v) is 11.0. The van der Waals surface area contributed by atoms with Crippen LogP contribution in [0.25, 0.3) is 0 Å². The lowest BCUT2D eigenvalue weighted by atomic mass is 10.1. The van der Waals surface area contributed by atoms with Crippen molar-refractivity contribution in [1.82, 2.24) is 0 Å². The first-order valence-electron chi connectivity index (χ1n) is 9.56. The molecule has 0 saturated heterocycles. The van der Waals surface area contributed by atoms with Crippen molar-refractivity contribution in [2.24, 2.45) is 0 Å². The van der Waals surface area contributed by atoms with Crippen molar-refractivity contribution < 1.29 is 17.9 Å². The molecular formula is C23H22N2O4S. The highest BCUT2D eigenvalue weighted by Crippen LogP contribution is 2.32. The van der Waals surface area contributed by atoms with Gasteiger partial charge in [-0.3, -0.25) is 9.52 Å². The third-order valence-electron chi connectivity index (χ3n) is 5.14. The molecule has 0 atom stereocenters. The molecule has 0 saturated carbocycles. The smallest absolute Gasteiger partial charge is 0.261 e. The second kappa shape index (κ2) is 7.84. The Morgan fingerprint density at radius 3 is 2.37 bits per heavy atom. The van der Waals surface area contributed by atoms with Gasteiger partial charge in [0.15, 0.2) is 0 Å². The summed E-state index contributed by atoms with van der Waals surface area (Å²) in [5.74, 6) is 0.564. The van der Waals surface area contributed by atoms with E-state index in [0.29, 0.717) is 30.0 Å². The lowest BCUT2D eigenvalue weighted by Gasteiger charge is -2.18. The molecule has 1 amide bonds. The van der Waals surface area contributed by atoms with Crippen LogP contribution in [0, 0.1) is 6.92 Å². The van der Waals surface area contributed by atoms with Crippen LogP contribution in [0.5, 0.6) is 5.75 Å². The van der Waals surface area contributed by atoms with Crippen LogP contribution in [0.4, 0.5) is 11.4 Å². The highest BCUT2D eigenvalue weighted by Gasteiger charge is 2.27. The Morgan fingerprint density at radius 1 is 1.00 bits per heavy atom. The number of hydrogen-bond donors (Lipinski definition) is 1. The lowest BCUT2D eigenvalue weighted by Crippen LogP contribution is -2.28. The van der Waals surface area contributed by atoms with E-state index in [-0.39, 0.29) is 10.8 Å². The zero-order valence-corrected chi connectivity index (χ0v) is 17.6. The second-order valence-corrected chi connectivity index (χ2v) is 8.88. The Kier molecular flexibility index (Phi) is 5.22. The van der Waals surface area contributed by atoms with Gasteiger partial charge in [0.1, 0.15) is 5.75 Å². The summed E-state index contributed by atoms with van der Waals surface area (Å²) >= 11 is 0. The van der Waals surface area contributed by atoms with E-state index in [9.17, 15) is 13.2 Å². The Hall–Kier alpha value is -3.32. The molecule has 1 aliphatic rings. The molecule has 6 nitrogen and oxygen atoms in total. The largest absolute Gasteiger partial charge is 0.497 e. The van der Waals surface area contributed by atoms with Crippen molar-refractivity contribution in [2.75, 3.05) is 23.3 Å². The van der Waals surface area contributed by atoms with Gasteiger partial charge in [-0.05, 0) is 73.5 Å². The van der Waals surface area contributed by atoms with Gasteiger partial charge in [-0.1, -0.05) is 17.7 Å². The number of carbonyl (C=O) groups is 1. The normalized spacial score (nSPS) is 13.1. The molecule has 1 aliphatic heterocycles. The summed E-state index contributed by atoms with van der Waals surface area (Å²) in [5.41, 5.74) is 3.75. The van der Waals surface area contributed by atoms with Crippen LogP contribution in [-0.2, 0) is 16.4 Å². The Balaban J connectivity index is 1.56. The monoisotopic (exact) mass is 422 g/mol. The minimum absolute atomic E-state index is 0.0827. The molecule has 1 N–H and O–H groups in total. The number of benzene rings is 3. The summed E-state index contributed by atoms with van der Waals surface area (Å²) in [4.78, 5) is 14.8. The minimum atomic E-state index is -3.74. The lowest BCUT2D eigenvalue weighted by molar-refractivity contribution is 0.0989. The van der Waals surface area contributed by atoms with Crippen molar-refractivity contribution in [3.05, 3.63) is 83.4 Å². The summed E-state index contributed by atoms with van der Waals surface area (Å²) in [6.07, 6.45) is 0.610. The fraction of sp³-hybridized carbons (Fsp3) is 0.174. The molecular weight excluding hydrogens is 400 g/mol. The van der Waals surface area contributed by atoms with Gasteiger partial charge in [0, 0.05) is 23.5 Å². The van der Waals surface area contributed by atoms with Gasteiger partial charge >= 0.3 is 0 Å². The van der Waals surface area contributed by atoms with Crippen molar-refractivity contribution in [3.63, 3.8) is 0 Å². The maximum absolute atomic E-state index is 12.9. The maximum atomic E-state index is 12.9. The predicted molar refractivity (Wildman–Crippen MR) is 117 cm³/mol. The fourth-order valence-electron chi connectivity index (χ4n) is 3.48. The highest BCUT2D eigenvalue weighted by molar-refractivity contribution is 7.92. The van der Waals surface area contributed by atoms with Gasteiger partial charge < -0.3 is 9.64 Å². The van der Waals surface area contributed by atoms with Crippen molar-refractivity contribution in [3.8, 4) is 5.75 Å². The number of nitrogens with zero attached hydrogens (tertiary/aromatic N) is 1. The van der Waals surface area contributed by atoms with Gasteiger partial charge in [0.2, 0.25) is 0 Å². The van der Waals surface area contributed by atoms with E-state index in [1.807, 2.05) is 31.2 Å². The average molecular weight is 423 g/mol. The van der Waals surface area contributed by atoms with E-state index in [0.717, 1.165) is 16.8 Å². The van der Waals surface area contributed by atoms with Crippen LogP contribution in [0.1, 0.15) is 21.5 Å². The summed E-state index contributed by atoms with van der Waals surface area (Å²) in [6, 6.07) is 19.0. The summed E-state index contributed by atoms with van der Waals surface area (Å²) in [6.45, 7) is 2.50. The van der Waals surface area contributed by atoms with Crippen molar-refractivity contribution in [2.45, 2.75) is 18.2 Å². The predicted octanol–water partition coefficient (Wildman–Crippen LogP) is 4.01. The SMILES string of the molecule is COc1ccc(NS(=O)(=O)c2ccc3c(c2)CCN3C(=O)c2ccc(C)cc2)cc1. The molecule has 7 heteroatoms. The van der Waals surface area contributed by atoms with Crippen molar-refractivity contribution in [1.29, 1.82) is 0 Å². The molecule has 0 unspecified atom stereocenters. The first kappa shape index (κ1) is 20.0. The van der Waals surface area contributed by atoms with E-state index in [1.54, 1.807) is 48.4 Å². The number of rotatable bonds is 5. The topological polar surface area (TPSA) is 75.7 Å². The molecule has 0 aromatic heterocycles. The molecule has 3 aromatic rings. The molecule has 154 valence electrons. The fourth-order valence-corrected chi connectivity index (χ4v) is 4.59. The van der Waals surface area contributed by atoms with Crippen LogP contribution >= 0.6 is 0 Å². The van der Waals surface area contributed by atoms with Crippen LogP contribution in [0.15, 0.2) is 71.6 Å². The number of sulfonamides is 1. The van der Waals surface area contributed by atoms with Gasteiger partial charge in [-0.15, -0.1) is 0 Å². The number of fused-ring (bicyclic) bond motifs is 1. The average Bonchev–Trinajstić information content (AvgIpc) is 3.17. The standard InChI is InChI=1S/C23H22N2O4S/c1-16-3-5-17(6-4-16)23(26)25-14-13-18-15-21(11-12-22(18)25)30(27,28)24-19-7-9-20(29-2)10-8-19/h3-12,15,24H,13-14H2,1-2H3. The quantitative estimate of drug-likeness (QED) is 0.674. The Labute approximate surface area is 176 Å². The molecule has 0 bridgehead atoms. The van der Waals surface area contributed by atoms with E-state index >= 15 is 0 Å². The van der Waals surface area contributed by atoms with Gasteiger partial charge in [0.05, 0.1) is 12.0 Å².